The second-order valence-electron chi connectivity index (χ2n) is 7.19. The van der Waals surface area contributed by atoms with Crippen molar-refractivity contribution in [2.75, 3.05) is 0 Å². The zero-order valence-electron chi connectivity index (χ0n) is 12.3. The lowest BCUT2D eigenvalue weighted by molar-refractivity contribution is -0.279. The van der Waals surface area contributed by atoms with Crippen molar-refractivity contribution in [3.63, 3.8) is 0 Å². The monoisotopic (exact) mass is 260 g/mol. The Labute approximate surface area is 110 Å². The van der Waals surface area contributed by atoms with Crippen LogP contribution in [0.4, 0.5) is 0 Å². The molecule has 1 heterocycles. The molecule has 1 fully saturated rings. The van der Waals surface area contributed by atoms with Gasteiger partial charge in [-0.3, -0.25) is 0 Å². The lowest BCUT2D eigenvalue weighted by atomic mass is 9.76. The average molecular weight is 260 g/mol. The Hall–Kier alpha value is -0.160. The molecule has 1 unspecified atom stereocenters. The summed E-state index contributed by atoms with van der Waals surface area (Å²) in [4.78, 5) is 0. The largest absolute Gasteiger partial charge is 0.388 e. The lowest BCUT2D eigenvalue weighted by Crippen LogP contribution is -2.65. The predicted molar refractivity (Wildman–Crippen MR) is 70.2 cm³/mol. The van der Waals surface area contributed by atoms with Gasteiger partial charge in [-0.25, -0.2) is 0 Å². The maximum atomic E-state index is 10.1. The molecule has 0 aromatic heterocycles. The fourth-order valence-electron chi connectivity index (χ4n) is 2.45. The van der Waals surface area contributed by atoms with Gasteiger partial charge in [-0.1, -0.05) is 34.6 Å². The fraction of sp³-hybridized carbons (Fsp3) is 1.00. The Morgan fingerprint density at radius 1 is 1.11 bits per heavy atom. The van der Waals surface area contributed by atoms with Crippen molar-refractivity contribution in [3.05, 3.63) is 0 Å². The molecule has 1 aliphatic rings. The van der Waals surface area contributed by atoms with E-state index < -0.39 is 30.0 Å². The minimum atomic E-state index is -1.15. The first-order valence-electron chi connectivity index (χ1n) is 6.71. The van der Waals surface area contributed by atoms with E-state index in [4.69, 9.17) is 4.74 Å². The maximum absolute atomic E-state index is 10.1. The first-order chi connectivity index (χ1) is 7.99. The summed E-state index contributed by atoms with van der Waals surface area (Å²) >= 11 is 0. The molecule has 4 heteroatoms. The van der Waals surface area contributed by atoms with E-state index in [1.807, 2.05) is 13.8 Å². The van der Waals surface area contributed by atoms with Gasteiger partial charge >= 0.3 is 0 Å². The summed E-state index contributed by atoms with van der Waals surface area (Å²) in [5, 5.41) is 30.2. The SMILES string of the molecule is CC(C)C1(C)O[C@H](CC(C)(C)C)[C@@H](O)[C@H](O)[C@H]1O. The van der Waals surface area contributed by atoms with E-state index in [9.17, 15) is 15.3 Å². The smallest absolute Gasteiger partial charge is 0.111 e. The fourth-order valence-corrected chi connectivity index (χ4v) is 2.45. The summed E-state index contributed by atoms with van der Waals surface area (Å²) in [6, 6.07) is 0. The van der Waals surface area contributed by atoms with Gasteiger partial charge in [0.25, 0.3) is 0 Å². The third-order valence-corrected chi connectivity index (χ3v) is 4.01. The minimum absolute atomic E-state index is 0.00838. The van der Waals surface area contributed by atoms with Gasteiger partial charge in [0.15, 0.2) is 0 Å². The van der Waals surface area contributed by atoms with Gasteiger partial charge in [-0.15, -0.1) is 0 Å². The summed E-state index contributed by atoms with van der Waals surface area (Å²) in [7, 11) is 0. The number of hydrogen-bond donors (Lipinski definition) is 3. The summed E-state index contributed by atoms with van der Waals surface area (Å²) in [6.45, 7) is 11.9. The van der Waals surface area contributed by atoms with Crippen LogP contribution in [0.15, 0.2) is 0 Å². The summed E-state index contributed by atoms with van der Waals surface area (Å²) in [6.07, 6.45) is -3.07. The number of ether oxygens (including phenoxy) is 1. The van der Waals surface area contributed by atoms with E-state index in [-0.39, 0.29) is 11.3 Å². The van der Waals surface area contributed by atoms with E-state index in [0.717, 1.165) is 0 Å². The van der Waals surface area contributed by atoms with Crippen LogP contribution in [0, 0.1) is 11.3 Å². The number of rotatable bonds is 2. The molecule has 0 radical (unpaired) electrons. The van der Waals surface area contributed by atoms with E-state index in [1.54, 1.807) is 6.92 Å². The molecule has 18 heavy (non-hydrogen) atoms. The third-order valence-electron chi connectivity index (χ3n) is 4.01. The standard InChI is InChI=1S/C14H28O4/c1-8(2)14(6)12(17)11(16)10(15)9(18-14)7-13(3,4)5/h8-12,15-17H,7H2,1-6H3/t9-,10-,11+,12-,14?/m1/s1. The molecule has 1 rings (SSSR count). The molecule has 1 saturated heterocycles. The second-order valence-corrected chi connectivity index (χ2v) is 7.19. The van der Waals surface area contributed by atoms with E-state index >= 15 is 0 Å². The molecule has 3 N–H and O–H groups in total. The van der Waals surface area contributed by atoms with Crippen LogP contribution in [-0.4, -0.2) is 45.3 Å². The molecular weight excluding hydrogens is 232 g/mol. The minimum Gasteiger partial charge on any atom is -0.388 e. The topological polar surface area (TPSA) is 69.9 Å². The second kappa shape index (κ2) is 5.08. The van der Waals surface area contributed by atoms with E-state index in [2.05, 4.69) is 20.8 Å². The molecule has 0 spiro atoms. The van der Waals surface area contributed by atoms with Crippen molar-refractivity contribution < 1.29 is 20.1 Å². The molecule has 108 valence electrons. The Morgan fingerprint density at radius 2 is 1.61 bits per heavy atom. The van der Waals surface area contributed by atoms with Gasteiger partial charge < -0.3 is 20.1 Å². The van der Waals surface area contributed by atoms with Crippen LogP contribution in [-0.2, 0) is 4.74 Å². The van der Waals surface area contributed by atoms with Crippen LogP contribution < -0.4 is 0 Å². The van der Waals surface area contributed by atoms with Crippen molar-refractivity contribution in [2.45, 2.75) is 78.0 Å². The number of aliphatic hydroxyl groups excluding tert-OH is 3. The number of hydrogen-bond acceptors (Lipinski definition) is 4. The van der Waals surface area contributed by atoms with Crippen molar-refractivity contribution in [1.29, 1.82) is 0 Å². The first-order valence-corrected chi connectivity index (χ1v) is 6.71. The third kappa shape index (κ3) is 3.05. The molecule has 4 nitrogen and oxygen atoms in total. The highest BCUT2D eigenvalue weighted by molar-refractivity contribution is 5.01. The molecular formula is C14H28O4. The molecule has 5 atom stereocenters. The zero-order valence-corrected chi connectivity index (χ0v) is 12.3. The Balaban J connectivity index is 2.95. The molecule has 0 saturated carbocycles. The Kier molecular flexibility index (Phi) is 4.49. The van der Waals surface area contributed by atoms with Crippen LogP contribution in [0.2, 0.25) is 0 Å². The normalized spacial score (nSPS) is 42.3. The lowest BCUT2D eigenvalue weighted by Gasteiger charge is -2.50. The van der Waals surface area contributed by atoms with Gasteiger partial charge in [-0.05, 0) is 24.7 Å². The van der Waals surface area contributed by atoms with E-state index in [1.165, 1.54) is 0 Å². The number of aliphatic hydroxyl groups is 3. The quantitative estimate of drug-likeness (QED) is 0.700. The van der Waals surface area contributed by atoms with Crippen LogP contribution in [0.5, 0.6) is 0 Å². The molecule has 0 amide bonds. The molecule has 0 aromatic rings. The summed E-state index contributed by atoms with van der Waals surface area (Å²) < 4.78 is 5.95. The zero-order chi connectivity index (χ0) is 14.3. The van der Waals surface area contributed by atoms with Crippen LogP contribution in [0.1, 0.15) is 48.0 Å². The maximum Gasteiger partial charge on any atom is 0.111 e. The van der Waals surface area contributed by atoms with Gasteiger partial charge in [0.2, 0.25) is 0 Å². The van der Waals surface area contributed by atoms with Crippen LogP contribution >= 0.6 is 0 Å². The van der Waals surface area contributed by atoms with Crippen LogP contribution in [0.3, 0.4) is 0 Å². The van der Waals surface area contributed by atoms with Gasteiger partial charge in [0.1, 0.15) is 18.3 Å². The van der Waals surface area contributed by atoms with E-state index in [0.29, 0.717) is 6.42 Å². The molecule has 0 aromatic carbocycles. The average Bonchev–Trinajstić information content (AvgIpc) is 2.20. The van der Waals surface area contributed by atoms with Gasteiger partial charge in [0, 0.05) is 0 Å². The van der Waals surface area contributed by atoms with Crippen LogP contribution in [0.25, 0.3) is 0 Å². The van der Waals surface area contributed by atoms with Crippen molar-refractivity contribution in [3.8, 4) is 0 Å². The van der Waals surface area contributed by atoms with Crippen molar-refractivity contribution >= 4 is 0 Å². The molecule has 1 aliphatic heterocycles. The molecule has 0 bridgehead atoms. The molecule has 0 aliphatic carbocycles. The highest BCUT2D eigenvalue weighted by atomic mass is 16.5. The Bertz CT molecular complexity index is 284. The highest BCUT2D eigenvalue weighted by Crippen LogP contribution is 2.38. The van der Waals surface area contributed by atoms with Gasteiger partial charge in [-0.2, -0.15) is 0 Å². The predicted octanol–water partition coefficient (Wildman–Crippen LogP) is 1.32. The Morgan fingerprint density at radius 3 is 2.00 bits per heavy atom. The van der Waals surface area contributed by atoms with Crippen molar-refractivity contribution in [2.24, 2.45) is 11.3 Å². The summed E-state index contributed by atoms with van der Waals surface area (Å²) in [5.41, 5.74) is -0.833. The van der Waals surface area contributed by atoms with Crippen molar-refractivity contribution in [1.82, 2.24) is 0 Å². The summed E-state index contributed by atoms with van der Waals surface area (Å²) in [5.74, 6) is 0.0529. The first kappa shape index (κ1) is 15.9. The highest BCUT2D eigenvalue weighted by Gasteiger charge is 2.52. The van der Waals surface area contributed by atoms with Gasteiger partial charge in [0.05, 0.1) is 11.7 Å².